The molecule has 3 heterocycles. The highest BCUT2D eigenvalue weighted by Crippen LogP contribution is 2.33. The molecule has 15 heteroatoms. The summed E-state index contributed by atoms with van der Waals surface area (Å²) >= 11 is 0. The van der Waals surface area contributed by atoms with E-state index in [0.717, 1.165) is 11.0 Å². The minimum atomic E-state index is -4.62. The zero-order chi connectivity index (χ0) is 35.3. The number of nitrogens with one attached hydrogen (secondary N) is 3. The van der Waals surface area contributed by atoms with Crippen molar-refractivity contribution in [3.8, 4) is 0 Å². The summed E-state index contributed by atoms with van der Waals surface area (Å²) in [5, 5.41) is 8.91. The first-order chi connectivity index (χ1) is 23.4. The third kappa shape index (κ3) is 7.72. The van der Waals surface area contributed by atoms with Crippen molar-refractivity contribution in [2.75, 3.05) is 48.9 Å². The number of benzene rings is 2. The van der Waals surface area contributed by atoms with E-state index < -0.39 is 54.0 Å². The quantitative estimate of drug-likeness (QED) is 0.155. The molecule has 0 bridgehead atoms. The van der Waals surface area contributed by atoms with Gasteiger partial charge in [-0.2, -0.15) is 13.2 Å². The van der Waals surface area contributed by atoms with Gasteiger partial charge in [-0.15, -0.1) is 0 Å². The van der Waals surface area contributed by atoms with Crippen LogP contribution in [-0.4, -0.2) is 79.4 Å². The van der Waals surface area contributed by atoms with Crippen LogP contribution in [0.5, 0.6) is 0 Å². The molecule has 1 aliphatic heterocycles. The Morgan fingerprint density at radius 1 is 1.10 bits per heavy atom. The van der Waals surface area contributed by atoms with Crippen LogP contribution in [0.3, 0.4) is 0 Å². The van der Waals surface area contributed by atoms with Gasteiger partial charge in [0, 0.05) is 43.5 Å². The van der Waals surface area contributed by atoms with Crippen molar-refractivity contribution in [1.29, 1.82) is 0 Å². The van der Waals surface area contributed by atoms with Crippen LogP contribution in [0.1, 0.15) is 38.8 Å². The molecule has 2 aromatic heterocycles. The molecule has 1 fully saturated rings. The molecule has 2 amide bonds. The first kappa shape index (κ1) is 35.0. The van der Waals surface area contributed by atoms with E-state index in [-0.39, 0.29) is 37.4 Å². The Balaban J connectivity index is 1.41. The van der Waals surface area contributed by atoms with Gasteiger partial charge in [-0.25, -0.2) is 9.18 Å². The number of rotatable bonds is 10. The van der Waals surface area contributed by atoms with Crippen molar-refractivity contribution in [2.45, 2.75) is 38.5 Å². The number of carbonyl (C=O) groups is 3. The molecule has 0 aliphatic carbocycles. The number of halogens is 4. The Morgan fingerprint density at radius 3 is 2.61 bits per heavy atom. The SMILES string of the molecule is CCOC(=O)[C@H](Cc1ccc(NC(=O)c2ccncc2NC)c2ncccc12)NC(=O)c1c(C)cc(N2CCOC[C@@H]2C(F)(F)F)cc1F. The first-order valence-corrected chi connectivity index (χ1v) is 15.4. The lowest BCUT2D eigenvalue weighted by Crippen LogP contribution is -2.53. The third-order valence-corrected chi connectivity index (χ3v) is 8.08. The predicted octanol–water partition coefficient (Wildman–Crippen LogP) is 5.04. The molecule has 1 aliphatic rings. The number of hydrogen-bond donors (Lipinski definition) is 3. The Labute approximate surface area is 279 Å². The zero-order valence-corrected chi connectivity index (χ0v) is 26.9. The fourth-order valence-electron chi connectivity index (χ4n) is 5.74. The van der Waals surface area contributed by atoms with Crippen molar-refractivity contribution in [1.82, 2.24) is 15.3 Å². The maximum Gasteiger partial charge on any atom is 0.411 e. The molecule has 0 spiro atoms. The normalized spacial score (nSPS) is 15.4. The maximum absolute atomic E-state index is 15.5. The number of morpholine rings is 1. The fraction of sp³-hybridized carbons (Fsp3) is 0.324. The molecule has 2 aromatic carbocycles. The van der Waals surface area contributed by atoms with Crippen molar-refractivity contribution >= 4 is 45.7 Å². The van der Waals surface area contributed by atoms with Gasteiger partial charge in [0.2, 0.25) is 0 Å². The van der Waals surface area contributed by atoms with Gasteiger partial charge in [0.25, 0.3) is 11.8 Å². The standard InChI is InChI=1S/C34H34F4N6O5/c1-4-49-33(47)26(43-32(46)29-19(2)14-21(16-24(29)35)44-12-13-48-18-28(44)34(36,37)38)15-20-7-8-25(30-22(20)6-5-10-41-30)42-31(45)23-9-11-40-17-27(23)39-3/h5-11,14,16-17,26,28,39H,4,12-13,15,18H2,1-3H3,(H,42,45)(H,43,46)/t26-,28+/m0/s1. The van der Waals surface area contributed by atoms with Gasteiger partial charge in [-0.3, -0.25) is 19.6 Å². The average Bonchev–Trinajstić information content (AvgIpc) is 3.08. The lowest BCUT2D eigenvalue weighted by molar-refractivity contribution is -0.167. The van der Waals surface area contributed by atoms with Crippen molar-refractivity contribution in [3.05, 3.63) is 89.1 Å². The van der Waals surface area contributed by atoms with Crippen molar-refractivity contribution < 1.29 is 41.4 Å². The molecular formula is C34H34F4N6O5. The number of alkyl halides is 3. The van der Waals surface area contributed by atoms with Crippen molar-refractivity contribution in [3.63, 3.8) is 0 Å². The number of nitrogens with zero attached hydrogens (tertiary/aromatic N) is 3. The Kier molecular flexibility index (Phi) is 10.6. The van der Waals surface area contributed by atoms with Gasteiger partial charge >= 0.3 is 12.1 Å². The Hall–Kier alpha value is -5.31. The molecule has 4 aromatic rings. The molecule has 11 nitrogen and oxygen atoms in total. The van der Waals surface area contributed by atoms with E-state index in [1.54, 1.807) is 50.5 Å². The molecule has 2 atom stereocenters. The summed E-state index contributed by atoms with van der Waals surface area (Å²) in [6.45, 7) is 2.30. The van der Waals surface area contributed by atoms with Gasteiger partial charge in [0.15, 0.2) is 0 Å². The van der Waals surface area contributed by atoms with E-state index in [1.807, 2.05) is 0 Å². The highest BCUT2D eigenvalue weighted by atomic mass is 19.4. The monoisotopic (exact) mass is 682 g/mol. The number of ether oxygens (including phenoxy) is 2. The molecule has 258 valence electrons. The number of esters is 1. The number of anilines is 3. The van der Waals surface area contributed by atoms with Gasteiger partial charge in [-0.05, 0) is 55.3 Å². The van der Waals surface area contributed by atoms with E-state index in [2.05, 4.69) is 25.9 Å². The summed E-state index contributed by atoms with van der Waals surface area (Å²) in [7, 11) is 1.67. The summed E-state index contributed by atoms with van der Waals surface area (Å²) in [6.07, 6.45) is -0.149. The smallest absolute Gasteiger partial charge is 0.411 e. The Morgan fingerprint density at radius 2 is 1.90 bits per heavy atom. The van der Waals surface area contributed by atoms with Crippen LogP contribution in [0, 0.1) is 12.7 Å². The number of carbonyl (C=O) groups excluding carboxylic acids is 3. The summed E-state index contributed by atoms with van der Waals surface area (Å²) in [6, 6.07) is 7.20. The molecule has 0 unspecified atom stereocenters. The van der Waals surface area contributed by atoms with Crippen LogP contribution in [0.15, 0.2) is 61.1 Å². The molecule has 3 N–H and O–H groups in total. The van der Waals surface area contributed by atoms with Gasteiger partial charge in [0.05, 0.1) is 54.0 Å². The first-order valence-electron chi connectivity index (χ1n) is 15.4. The Bertz CT molecular complexity index is 1850. The topological polar surface area (TPSA) is 135 Å². The number of fused-ring (bicyclic) bond motifs is 1. The lowest BCUT2D eigenvalue weighted by atomic mass is 9.99. The van der Waals surface area contributed by atoms with Crippen LogP contribution in [0.4, 0.5) is 34.6 Å². The number of aryl methyl sites for hydroxylation is 1. The lowest BCUT2D eigenvalue weighted by Gasteiger charge is -2.38. The second kappa shape index (κ2) is 14.8. The second-order valence-electron chi connectivity index (χ2n) is 11.2. The number of hydrogen-bond acceptors (Lipinski definition) is 9. The van der Waals surface area contributed by atoms with E-state index in [4.69, 9.17) is 9.47 Å². The van der Waals surface area contributed by atoms with Crippen LogP contribution in [0.2, 0.25) is 0 Å². The average molecular weight is 683 g/mol. The molecule has 49 heavy (non-hydrogen) atoms. The predicted molar refractivity (Wildman–Crippen MR) is 174 cm³/mol. The molecule has 0 radical (unpaired) electrons. The maximum atomic E-state index is 15.5. The zero-order valence-electron chi connectivity index (χ0n) is 26.9. The third-order valence-electron chi connectivity index (χ3n) is 8.08. The minimum absolute atomic E-state index is 0.00406. The van der Waals surface area contributed by atoms with E-state index in [0.29, 0.717) is 33.4 Å². The van der Waals surface area contributed by atoms with Crippen LogP contribution in [0.25, 0.3) is 10.9 Å². The van der Waals surface area contributed by atoms with Crippen LogP contribution in [-0.2, 0) is 20.7 Å². The summed E-state index contributed by atoms with van der Waals surface area (Å²) in [5.74, 6) is -3.18. The van der Waals surface area contributed by atoms with Crippen LogP contribution >= 0.6 is 0 Å². The number of pyridine rings is 2. The second-order valence-corrected chi connectivity index (χ2v) is 11.2. The molecule has 1 saturated heterocycles. The van der Waals surface area contributed by atoms with Gasteiger partial charge < -0.3 is 30.3 Å². The van der Waals surface area contributed by atoms with E-state index in [9.17, 15) is 27.6 Å². The molecule has 5 rings (SSSR count). The highest BCUT2D eigenvalue weighted by molar-refractivity contribution is 6.11. The fourth-order valence-corrected chi connectivity index (χ4v) is 5.74. The van der Waals surface area contributed by atoms with E-state index in [1.165, 1.54) is 25.4 Å². The largest absolute Gasteiger partial charge is 0.464 e. The van der Waals surface area contributed by atoms with E-state index >= 15 is 4.39 Å². The minimum Gasteiger partial charge on any atom is -0.464 e. The summed E-state index contributed by atoms with van der Waals surface area (Å²) < 4.78 is 66.8. The highest BCUT2D eigenvalue weighted by Gasteiger charge is 2.45. The summed E-state index contributed by atoms with van der Waals surface area (Å²) in [5.41, 5.74) is 1.87. The molecular weight excluding hydrogens is 648 g/mol. The number of aromatic nitrogens is 2. The number of amides is 2. The van der Waals surface area contributed by atoms with Gasteiger partial charge in [0.1, 0.15) is 17.9 Å². The molecule has 0 saturated carbocycles. The van der Waals surface area contributed by atoms with Crippen LogP contribution < -0.4 is 20.9 Å². The summed E-state index contributed by atoms with van der Waals surface area (Å²) in [4.78, 5) is 49.2. The van der Waals surface area contributed by atoms with Gasteiger partial charge in [-0.1, -0.05) is 12.1 Å². The van der Waals surface area contributed by atoms with Crippen molar-refractivity contribution in [2.24, 2.45) is 0 Å².